The van der Waals surface area contributed by atoms with Crippen LogP contribution in [0.15, 0.2) is 12.3 Å². The summed E-state index contributed by atoms with van der Waals surface area (Å²) in [5, 5.41) is 0. The highest BCUT2D eigenvalue weighted by atomic mass is 19.4. The molecule has 2 atom stereocenters. The molecule has 1 aliphatic carbocycles. The highest BCUT2D eigenvalue weighted by molar-refractivity contribution is 5.28. The Labute approximate surface area is 98.6 Å². The Morgan fingerprint density at radius 2 is 2.24 bits per heavy atom. The van der Waals surface area contributed by atoms with E-state index in [-0.39, 0.29) is 6.04 Å². The lowest BCUT2D eigenvalue weighted by Gasteiger charge is -2.24. The predicted molar refractivity (Wildman–Crippen MR) is 59.7 cm³/mol. The minimum atomic E-state index is -4.12. The maximum atomic E-state index is 12.4. The Kier molecular flexibility index (Phi) is 3.21. The molecular weight excluding hydrogens is 229 g/mol. The van der Waals surface area contributed by atoms with Crippen LogP contribution in [0, 0.1) is 0 Å². The van der Waals surface area contributed by atoms with Crippen molar-refractivity contribution in [3.05, 3.63) is 23.5 Å². The standard InChI is InChI=1S/C12H17F3N2/c1-8(7-12(13,14)15)17-6-5-9-10(16)3-2-4-11(9)17/h5-6,8,10H,2-4,7,16H2,1H3. The van der Waals surface area contributed by atoms with Crippen molar-refractivity contribution in [1.82, 2.24) is 4.57 Å². The summed E-state index contributed by atoms with van der Waals surface area (Å²) in [6.07, 6.45) is -0.456. The number of alkyl halides is 3. The van der Waals surface area contributed by atoms with E-state index in [1.807, 2.05) is 6.07 Å². The average Bonchev–Trinajstić information content (AvgIpc) is 2.60. The molecule has 0 fully saturated rings. The van der Waals surface area contributed by atoms with Gasteiger partial charge in [0, 0.05) is 24.0 Å². The fourth-order valence-electron chi connectivity index (χ4n) is 2.60. The molecule has 1 heterocycles. The number of aromatic nitrogens is 1. The zero-order chi connectivity index (χ0) is 12.6. The second-order valence-corrected chi connectivity index (χ2v) is 4.79. The summed E-state index contributed by atoms with van der Waals surface area (Å²) in [7, 11) is 0. The van der Waals surface area contributed by atoms with Crippen LogP contribution in [-0.4, -0.2) is 10.7 Å². The molecule has 1 aromatic rings. The first kappa shape index (κ1) is 12.5. The third-order valence-corrected chi connectivity index (χ3v) is 3.39. The van der Waals surface area contributed by atoms with Crippen molar-refractivity contribution in [3.8, 4) is 0 Å². The van der Waals surface area contributed by atoms with Crippen LogP contribution in [0.25, 0.3) is 0 Å². The van der Waals surface area contributed by atoms with E-state index < -0.39 is 18.6 Å². The van der Waals surface area contributed by atoms with Crippen LogP contribution in [0.2, 0.25) is 0 Å². The highest BCUT2D eigenvalue weighted by Crippen LogP contribution is 2.34. The van der Waals surface area contributed by atoms with Gasteiger partial charge in [-0.25, -0.2) is 0 Å². The normalized spacial score (nSPS) is 22.3. The van der Waals surface area contributed by atoms with Gasteiger partial charge in [-0.1, -0.05) is 0 Å². The molecule has 0 radical (unpaired) electrons. The number of rotatable bonds is 2. The van der Waals surface area contributed by atoms with Gasteiger partial charge in [0.05, 0.1) is 6.42 Å². The van der Waals surface area contributed by atoms with Crippen molar-refractivity contribution in [1.29, 1.82) is 0 Å². The molecule has 2 rings (SSSR count). The Hall–Kier alpha value is -0.970. The molecule has 0 spiro atoms. The van der Waals surface area contributed by atoms with Gasteiger partial charge in [0.1, 0.15) is 0 Å². The summed E-state index contributed by atoms with van der Waals surface area (Å²) in [6, 6.07) is 1.30. The van der Waals surface area contributed by atoms with Crippen molar-refractivity contribution in [3.63, 3.8) is 0 Å². The molecule has 2 N–H and O–H groups in total. The minimum Gasteiger partial charge on any atom is -0.348 e. The van der Waals surface area contributed by atoms with E-state index in [1.165, 1.54) is 0 Å². The molecule has 2 nitrogen and oxygen atoms in total. The van der Waals surface area contributed by atoms with Crippen LogP contribution in [0.1, 0.15) is 49.5 Å². The van der Waals surface area contributed by atoms with Crippen molar-refractivity contribution in [2.45, 2.75) is 50.9 Å². The van der Waals surface area contributed by atoms with Crippen molar-refractivity contribution >= 4 is 0 Å². The van der Waals surface area contributed by atoms with Gasteiger partial charge in [-0.2, -0.15) is 13.2 Å². The first-order valence-electron chi connectivity index (χ1n) is 5.90. The van der Waals surface area contributed by atoms with Crippen LogP contribution in [0.3, 0.4) is 0 Å². The summed E-state index contributed by atoms with van der Waals surface area (Å²) in [5.74, 6) is 0. The summed E-state index contributed by atoms with van der Waals surface area (Å²) < 4.78 is 38.8. The van der Waals surface area contributed by atoms with Gasteiger partial charge >= 0.3 is 6.18 Å². The summed E-state index contributed by atoms with van der Waals surface area (Å²) >= 11 is 0. The number of hydrogen-bond acceptors (Lipinski definition) is 1. The van der Waals surface area contributed by atoms with Gasteiger partial charge < -0.3 is 10.3 Å². The van der Waals surface area contributed by atoms with Gasteiger partial charge in [-0.15, -0.1) is 0 Å². The molecule has 17 heavy (non-hydrogen) atoms. The lowest BCUT2D eigenvalue weighted by Crippen LogP contribution is -2.21. The Morgan fingerprint density at radius 1 is 1.53 bits per heavy atom. The van der Waals surface area contributed by atoms with E-state index in [1.54, 1.807) is 17.7 Å². The SMILES string of the molecule is CC(CC(F)(F)F)n1ccc2c1CCCC2N. The molecular formula is C12H17F3N2. The third kappa shape index (κ3) is 2.65. The Morgan fingerprint density at radius 3 is 2.88 bits per heavy atom. The van der Waals surface area contributed by atoms with E-state index in [0.29, 0.717) is 0 Å². The second-order valence-electron chi connectivity index (χ2n) is 4.79. The Balaban J connectivity index is 2.22. The minimum absolute atomic E-state index is 0.0157. The van der Waals surface area contributed by atoms with Crippen LogP contribution in [-0.2, 0) is 6.42 Å². The number of nitrogens with two attached hydrogens (primary N) is 1. The fourth-order valence-corrected chi connectivity index (χ4v) is 2.60. The first-order valence-corrected chi connectivity index (χ1v) is 5.90. The molecule has 0 amide bonds. The van der Waals surface area contributed by atoms with E-state index in [4.69, 9.17) is 5.73 Å². The van der Waals surface area contributed by atoms with Gasteiger partial charge in [0.25, 0.3) is 0 Å². The molecule has 0 saturated carbocycles. The average molecular weight is 246 g/mol. The van der Waals surface area contributed by atoms with E-state index in [0.717, 1.165) is 30.5 Å². The third-order valence-electron chi connectivity index (χ3n) is 3.39. The molecule has 1 aliphatic rings. The zero-order valence-electron chi connectivity index (χ0n) is 9.80. The fraction of sp³-hybridized carbons (Fsp3) is 0.667. The van der Waals surface area contributed by atoms with Crippen LogP contribution >= 0.6 is 0 Å². The van der Waals surface area contributed by atoms with Crippen molar-refractivity contribution in [2.75, 3.05) is 0 Å². The lowest BCUT2D eigenvalue weighted by atomic mass is 9.93. The largest absolute Gasteiger partial charge is 0.391 e. The highest BCUT2D eigenvalue weighted by Gasteiger charge is 2.32. The summed E-state index contributed by atoms with van der Waals surface area (Å²) in [5.41, 5.74) is 7.96. The number of halogens is 3. The molecule has 96 valence electrons. The van der Waals surface area contributed by atoms with Gasteiger partial charge in [0.15, 0.2) is 0 Å². The molecule has 2 unspecified atom stereocenters. The molecule has 0 aliphatic heterocycles. The number of fused-ring (bicyclic) bond motifs is 1. The topological polar surface area (TPSA) is 30.9 Å². The van der Waals surface area contributed by atoms with Crippen LogP contribution in [0.4, 0.5) is 13.2 Å². The molecule has 5 heteroatoms. The number of hydrogen-bond donors (Lipinski definition) is 1. The molecule has 0 aromatic carbocycles. The summed E-state index contributed by atoms with van der Waals surface area (Å²) in [6.45, 7) is 1.61. The van der Waals surface area contributed by atoms with Crippen molar-refractivity contribution < 1.29 is 13.2 Å². The monoisotopic (exact) mass is 246 g/mol. The lowest BCUT2D eigenvalue weighted by molar-refractivity contribution is -0.141. The maximum Gasteiger partial charge on any atom is 0.391 e. The zero-order valence-corrected chi connectivity index (χ0v) is 9.80. The Bertz CT molecular complexity index is 395. The first-order chi connectivity index (χ1) is 7.88. The quantitative estimate of drug-likeness (QED) is 0.852. The van der Waals surface area contributed by atoms with Crippen molar-refractivity contribution in [2.24, 2.45) is 5.73 Å². The summed E-state index contributed by atoms with van der Waals surface area (Å²) in [4.78, 5) is 0. The van der Waals surface area contributed by atoms with Gasteiger partial charge in [0.2, 0.25) is 0 Å². The number of nitrogens with zero attached hydrogens (tertiary/aromatic N) is 1. The molecule has 1 aromatic heterocycles. The molecule has 0 bridgehead atoms. The predicted octanol–water partition coefficient (Wildman–Crippen LogP) is 3.34. The van der Waals surface area contributed by atoms with Gasteiger partial charge in [-0.3, -0.25) is 0 Å². The smallest absolute Gasteiger partial charge is 0.348 e. The second kappa shape index (κ2) is 4.37. The van der Waals surface area contributed by atoms with E-state index in [9.17, 15) is 13.2 Å². The van der Waals surface area contributed by atoms with Crippen LogP contribution < -0.4 is 5.73 Å². The maximum absolute atomic E-state index is 12.4. The molecule has 0 saturated heterocycles. The van der Waals surface area contributed by atoms with E-state index in [2.05, 4.69) is 0 Å². The van der Waals surface area contributed by atoms with Gasteiger partial charge in [-0.05, 0) is 37.8 Å². The van der Waals surface area contributed by atoms with E-state index >= 15 is 0 Å². The van der Waals surface area contributed by atoms with Crippen LogP contribution in [0.5, 0.6) is 0 Å².